The molecule has 18 heavy (non-hydrogen) atoms. The summed E-state index contributed by atoms with van der Waals surface area (Å²) in [7, 11) is -3.67. The first-order valence-corrected chi connectivity index (χ1v) is 7.95. The third-order valence-corrected chi connectivity index (χ3v) is 7.41. The minimum Gasteiger partial charge on any atom is -0.291 e. The largest absolute Gasteiger partial charge is 0.291 e. The van der Waals surface area contributed by atoms with E-state index in [0.717, 1.165) is 6.07 Å². The van der Waals surface area contributed by atoms with E-state index < -0.39 is 25.1 Å². The van der Waals surface area contributed by atoms with E-state index in [1.165, 1.54) is 25.1 Å². The Balaban J connectivity index is 3.36. The van der Waals surface area contributed by atoms with Crippen molar-refractivity contribution in [2.24, 2.45) is 0 Å². The van der Waals surface area contributed by atoms with Gasteiger partial charge < -0.3 is 0 Å². The van der Waals surface area contributed by atoms with Crippen LogP contribution in [0, 0.1) is 5.82 Å². The van der Waals surface area contributed by atoms with Crippen molar-refractivity contribution in [3.63, 3.8) is 0 Å². The Morgan fingerprint density at radius 3 is 2.33 bits per heavy atom. The van der Waals surface area contributed by atoms with Crippen molar-refractivity contribution in [2.75, 3.05) is 5.75 Å². The van der Waals surface area contributed by atoms with E-state index in [9.17, 15) is 17.6 Å². The molecule has 0 spiro atoms. The van der Waals surface area contributed by atoms with Crippen LogP contribution in [0.4, 0.5) is 4.39 Å². The zero-order chi connectivity index (χ0) is 14.0. The van der Waals surface area contributed by atoms with Crippen LogP contribution < -0.4 is 0 Å². The fraction of sp³-hybridized carbons (Fsp3) is 0.417. The van der Waals surface area contributed by atoms with Crippen molar-refractivity contribution in [3.8, 4) is 0 Å². The number of Topliss-reactive ketones (excluding diaryl/α,β-unsaturated/α-hetero) is 1. The molecule has 1 atom stereocenters. The van der Waals surface area contributed by atoms with Crippen LogP contribution in [-0.2, 0) is 9.84 Å². The highest BCUT2D eigenvalue weighted by Crippen LogP contribution is 2.34. The maximum absolute atomic E-state index is 13.6. The Kier molecular flexibility index (Phi) is 4.66. The van der Waals surface area contributed by atoms with Crippen molar-refractivity contribution < 1.29 is 17.6 Å². The summed E-state index contributed by atoms with van der Waals surface area (Å²) in [5.74, 6) is -1.66. The van der Waals surface area contributed by atoms with Crippen molar-refractivity contribution in [1.29, 1.82) is 0 Å². The zero-order valence-corrected chi connectivity index (χ0v) is 12.5. The van der Waals surface area contributed by atoms with Gasteiger partial charge in [0.25, 0.3) is 0 Å². The van der Waals surface area contributed by atoms with E-state index in [4.69, 9.17) is 0 Å². The second-order valence-corrected chi connectivity index (χ2v) is 8.18. The van der Waals surface area contributed by atoms with Gasteiger partial charge in [-0.1, -0.05) is 41.9 Å². The molecule has 3 nitrogen and oxygen atoms in total. The van der Waals surface area contributed by atoms with Gasteiger partial charge in [0.1, 0.15) is 5.82 Å². The summed E-state index contributed by atoms with van der Waals surface area (Å²) in [5, 5.41) is 0. The van der Waals surface area contributed by atoms with Crippen molar-refractivity contribution in [3.05, 3.63) is 35.6 Å². The number of carbonyl (C=O) groups excluding carboxylic acids is 1. The molecule has 0 bridgehead atoms. The molecule has 6 heteroatoms. The summed E-state index contributed by atoms with van der Waals surface area (Å²) < 4.78 is 35.8. The van der Waals surface area contributed by atoms with Crippen molar-refractivity contribution in [1.82, 2.24) is 0 Å². The van der Waals surface area contributed by atoms with Gasteiger partial charge in [-0.25, -0.2) is 12.8 Å². The van der Waals surface area contributed by atoms with Gasteiger partial charge in [-0.2, -0.15) is 0 Å². The molecule has 0 amide bonds. The first-order valence-electron chi connectivity index (χ1n) is 5.50. The number of ketones is 1. The Labute approximate surface area is 114 Å². The molecule has 0 fully saturated rings. The van der Waals surface area contributed by atoms with Crippen LogP contribution in [0.2, 0.25) is 0 Å². The topological polar surface area (TPSA) is 51.2 Å². The number of hydrogen-bond donors (Lipinski definition) is 0. The first kappa shape index (κ1) is 15.3. The SMILES string of the molecule is CC[C@@](Br)(C(=O)c1ccccc1F)S(=O)(=O)CC. The fourth-order valence-corrected chi connectivity index (χ4v) is 3.79. The van der Waals surface area contributed by atoms with Gasteiger partial charge in [0.15, 0.2) is 19.3 Å². The van der Waals surface area contributed by atoms with Gasteiger partial charge >= 0.3 is 0 Å². The maximum Gasteiger partial charge on any atom is 0.197 e. The maximum atomic E-state index is 13.6. The normalized spacial score (nSPS) is 15.1. The van der Waals surface area contributed by atoms with Crippen molar-refractivity contribution >= 4 is 31.6 Å². The molecule has 0 N–H and O–H groups in total. The molecule has 1 aromatic rings. The van der Waals surface area contributed by atoms with Gasteiger partial charge in [-0.05, 0) is 18.6 Å². The molecule has 0 heterocycles. The Morgan fingerprint density at radius 1 is 1.33 bits per heavy atom. The van der Waals surface area contributed by atoms with Crippen LogP contribution in [0.5, 0.6) is 0 Å². The van der Waals surface area contributed by atoms with Crippen LogP contribution in [0.25, 0.3) is 0 Å². The lowest BCUT2D eigenvalue weighted by molar-refractivity contribution is 0.0972. The third-order valence-electron chi connectivity index (χ3n) is 2.79. The fourth-order valence-electron chi connectivity index (χ4n) is 1.60. The molecule has 100 valence electrons. The van der Waals surface area contributed by atoms with Crippen LogP contribution in [0.15, 0.2) is 24.3 Å². The number of rotatable bonds is 5. The number of alkyl halides is 1. The molecule has 0 aliphatic heterocycles. The average Bonchev–Trinajstić information content (AvgIpc) is 2.37. The predicted octanol–water partition coefficient (Wildman–Crippen LogP) is 2.94. The van der Waals surface area contributed by atoms with E-state index in [-0.39, 0.29) is 17.7 Å². The Hall–Kier alpha value is -0.750. The summed E-state index contributed by atoms with van der Waals surface area (Å²) in [6.45, 7) is 3.02. The van der Waals surface area contributed by atoms with Gasteiger partial charge in [0.05, 0.1) is 5.56 Å². The minimum atomic E-state index is -3.67. The third kappa shape index (κ3) is 2.49. The molecule has 1 aromatic carbocycles. The second kappa shape index (κ2) is 5.48. The number of carbonyl (C=O) groups is 1. The van der Waals surface area contributed by atoms with Crippen LogP contribution >= 0.6 is 15.9 Å². The number of hydrogen-bond acceptors (Lipinski definition) is 3. The lowest BCUT2D eigenvalue weighted by Gasteiger charge is -2.24. The van der Waals surface area contributed by atoms with Crippen LogP contribution in [0.3, 0.4) is 0 Å². The van der Waals surface area contributed by atoms with Crippen molar-refractivity contribution in [2.45, 2.75) is 23.9 Å². The molecule has 0 saturated heterocycles. The zero-order valence-electron chi connectivity index (χ0n) is 10.1. The van der Waals surface area contributed by atoms with E-state index in [1.54, 1.807) is 6.92 Å². The summed E-state index contributed by atoms with van der Waals surface area (Å²) in [5.41, 5.74) is -0.215. The van der Waals surface area contributed by atoms with Gasteiger partial charge in [0.2, 0.25) is 0 Å². The summed E-state index contributed by atoms with van der Waals surface area (Å²) >= 11 is 3.00. The van der Waals surface area contributed by atoms with E-state index in [1.807, 2.05) is 0 Å². The average molecular weight is 337 g/mol. The lowest BCUT2D eigenvalue weighted by atomic mass is 10.1. The molecule has 0 aromatic heterocycles. The summed E-state index contributed by atoms with van der Waals surface area (Å²) in [6.07, 6.45) is 0.0380. The van der Waals surface area contributed by atoms with E-state index in [0.29, 0.717) is 0 Å². The molecule has 0 unspecified atom stereocenters. The molecule has 1 rings (SSSR count). The molecule has 0 aliphatic carbocycles. The van der Waals surface area contributed by atoms with Crippen LogP contribution in [-0.4, -0.2) is 23.6 Å². The number of halogens is 2. The van der Waals surface area contributed by atoms with Gasteiger partial charge in [-0.3, -0.25) is 4.79 Å². The van der Waals surface area contributed by atoms with Crippen LogP contribution in [0.1, 0.15) is 30.6 Å². The standard InChI is InChI=1S/C12H14BrFO3S/c1-3-12(13,18(16,17)4-2)11(15)9-7-5-6-8-10(9)14/h5-8H,3-4H2,1-2H3/t12-/m0/s1. The summed E-state index contributed by atoms with van der Waals surface area (Å²) in [6, 6.07) is 5.36. The quantitative estimate of drug-likeness (QED) is 0.613. The predicted molar refractivity (Wildman–Crippen MR) is 72.1 cm³/mol. The molecule has 0 saturated carbocycles. The first-order chi connectivity index (χ1) is 8.30. The molecular formula is C12H14BrFO3S. The highest BCUT2D eigenvalue weighted by atomic mass is 79.9. The Bertz CT molecular complexity index is 556. The summed E-state index contributed by atoms with van der Waals surface area (Å²) in [4.78, 5) is 12.3. The number of benzene rings is 1. The van der Waals surface area contributed by atoms with Gasteiger partial charge in [0, 0.05) is 5.75 Å². The highest BCUT2D eigenvalue weighted by molar-refractivity contribution is 9.12. The minimum absolute atomic E-state index is 0.0380. The number of sulfone groups is 1. The lowest BCUT2D eigenvalue weighted by Crippen LogP contribution is -2.41. The van der Waals surface area contributed by atoms with E-state index in [2.05, 4.69) is 15.9 Å². The smallest absolute Gasteiger partial charge is 0.197 e. The highest BCUT2D eigenvalue weighted by Gasteiger charge is 2.46. The van der Waals surface area contributed by atoms with E-state index >= 15 is 0 Å². The second-order valence-electron chi connectivity index (χ2n) is 3.79. The Morgan fingerprint density at radius 2 is 1.89 bits per heavy atom. The van der Waals surface area contributed by atoms with Gasteiger partial charge in [-0.15, -0.1) is 0 Å². The molecule has 0 aliphatic rings. The monoisotopic (exact) mass is 336 g/mol. The molecule has 0 radical (unpaired) electrons. The molecular weight excluding hydrogens is 323 g/mol.